The zero-order valence-electron chi connectivity index (χ0n) is 5.92. The molecule has 0 aromatic heterocycles. The molecule has 0 aliphatic heterocycles. The number of aliphatic carboxylic acids is 1. The number of carboxylic acids is 1. The first-order valence-electron chi connectivity index (χ1n) is 3.68. The molecule has 1 saturated carbocycles. The van der Waals surface area contributed by atoms with Crippen LogP contribution >= 0.6 is 0 Å². The van der Waals surface area contributed by atoms with Gasteiger partial charge < -0.3 is 10.8 Å². The van der Waals surface area contributed by atoms with E-state index in [-0.39, 0.29) is 5.92 Å². The number of rotatable bonds is 4. The van der Waals surface area contributed by atoms with Gasteiger partial charge in [-0.25, -0.2) is 0 Å². The van der Waals surface area contributed by atoms with Crippen molar-refractivity contribution in [2.24, 2.45) is 17.6 Å². The molecule has 0 bridgehead atoms. The summed E-state index contributed by atoms with van der Waals surface area (Å²) in [5.74, 6) is -0.404. The normalized spacial score (nSPS) is 20.5. The number of carboxylic acid groups (broad SMARTS) is 1. The molecule has 1 aliphatic carbocycles. The fourth-order valence-corrected chi connectivity index (χ4v) is 1.24. The Hall–Kier alpha value is -0.570. The van der Waals surface area contributed by atoms with Crippen LogP contribution in [0.3, 0.4) is 0 Å². The van der Waals surface area contributed by atoms with Gasteiger partial charge in [0.2, 0.25) is 0 Å². The van der Waals surface area contributed by atoms with E-state index >= 15 is 0 Å². The molecule has 10 heavy (non-hydrogen) atoms. The minimum Gasteiger partial charge on any atom is -0.481 e. The lowest BCUT2D eigenvalue weighted by atomic mass is 10.0. The van der Waals surface area contributed by atoms with Crippen LogP contribution in [-0.4, -0.2) is 17.6 Å². The SMILES string of the molecule is NCCC(C(=O)O)C1CC1. The monoisotopic (exact) mass is 143 g/mol. The zero-order chi connectivity index (χ0) is 7.56. The van der Waals surface area contributed by atoms with Gasteiger partial charge >= 0.3 is 5.97 Å². The van der Waals surface area contributed by atoms with Crippen LogP contribution in [0.4, 0.5) is 0 Å². The van der Waals surface area contributed by atoms with E-state index in [0.717, 1.165) is 12.8 Å². The van der Waals surface area contributed by atoms with Crippen LogP contribution in [0.5, 0.6) is 0 Å². The molecule has 0 aromatic carbocycles. The molecule has 0 radical (unpaired) electrons. The minimum absolute atomic E-state index is 0.162. The van der Waals surface area contributed by atoms with Crippen molar-refractivity contribution in [3.63, 3.8) is 0 Å². The molecule has 3 N–H and O–H groups in total. The summed E-state index contributed by atoms with van der Waals surface area (Å²) in [7, 11) is 0. The highest BCUT2D eigenvalue weighted by atomic mass is 16.4. The van der Waals surface area contributed by atoms with Crippen LogP contribution in [0.2, 0.25) is 0 Å². The van der Waals surface area contributed by atoms with Gasteiger partial charge in [0.05, 0.1) is 5.92 Å². The summed E-state index contributed by atoms with van der Waals surface area (Å²) >= 11 is 0. The molecule has 0 aromatic rings. The molecule has 0 saturated heterocycles. The third-order valence-corrected chi connectivity index (χ3v) is 1.99. The fraction of sp³-hybridized carbons (Fsp3) is 0.857. The summed E-state index contributed by atoms with van der Waals surface area (Å²) in [6.45, 7) is 0.494. The lowest BCUT2D eigenvalue weighted by Gasteiger charge is -2.07. The maximum atomic E-state index is 10.5. The first-order valence-corrected chi connectivity index (χ1v) is 3.68. The standard InChI is InChI=1S/C7H13NO2/c8-4-3-6(7(9)10)5-1-2-5/h5-6H,1-4,8H2,(H,9,10). The Labute approximate surface area is 60.2 Å². The highest BCUT2D eigenvalue weighted by Crippen LogP contribution is 2.38. The van der Waals surface area contributed by atoms with E-state index in [0.29, 0.717) is 18.9 Å². The number of hydrogen-bond donors (Lipinski definition) is 2. The topological polar surface area (TPSA) is 63.3 Å². The van der Waals surface area contributed by atoms with Crippen LogP contribution in [0.1, 0.15) is 19.3 Å². The van der Waals surface area contributed by atoms with Crippen molar-refractivity contribution in [3.05, 3.63) is 0 Å². The third-order valence-electron chi connectivity index (χ3n) is 1.99. The Morgan fingerprint density at radius 2 is 2.30 bits per heavy atom. The van der Waals surface area contributed by atoms with Crippen molar-refractivity contribution < 1.29 is 9.90 Å². The van der Waals surface area contributed by atoms with E-state index in [1.807, 2.05) is 0 Å². The second-order valence-electron chi connectivity index (χ2n) is 2.86. The van der Waals surface area contributed by atoms with Crippen molar-refractivity contribution >= 4 is 5.97 Å². The Morgan fingerprint density at radius 3 is 2.60 bits per heavy atom. The summed E-state index contributed by atoms with van der Waals surface area (Å²) in [6.07, 6.45) is 2.80. The highest BCUT2D eigenvalue weighted by Gasteiger charge is 2.35. The second kappa shape index (κ2) is 3.01. The van der Waals surface area contributed by atoms with E-state index in [1.54, 1.807) is 0 Å². The van der Waals surface area contributed by atoms with Crippen LogP contribution in [0.15, 0.2) is 0 Å². The minimum atomic E-state index is -0.673. The molecule has 0 spiro atoms. The Bertz CT molecular complexity index is 132. The van der Waals surface area contributed by atoms with E-state index < -0.39 is 5.97 Å². The Kier molecular flexibility index (Phi) is 2.27. The Morgan fingerprint density at radius 1 is 1.70 bits per heavy atom. The molecule has 1 aliphatic rings. The van der Waals surface area contributed by atoms with Gasteiger partial charge in [-0.1, -0.05) is 0 Å². The first-order chi connectivity index (χ1) is 4.75. The van der Waals surface area contributed by atoms with Gasteiger partial charge in [0, 0.05) is 0 Å². The first kappa shape index (κ1) is 7.54. The molecule has 1 unspecified atom stereocenters. The number of carbonyl (C=O) groups is 1. The number of hydrogen-bond acceptors (Lipinski definition) is 2. The van der Waals surface area contributed by atoms with Crippen molar-refractivity contribution in [1.82, 2.24) is 0 Å². The molecular formula is C7H13NO2. The highest BCUT2D eigenvalue weighted by molar-refractivity contribution is 5.70. The van der Waals surface area contributed by atoms with Gasteiger partial charge in [0.25, 0.3) is 0 Å². The second-order valence-corrected chi connectivity index (χ2v) is 2.86. The van der Waals surface area contributed by atoms with Crippen LogP contribution in [-0.2, 0) is 4.79 Å². The van der Waals surface area contributed by atoms with E-state index in [4.69, 9.17) is 10.8 Å². The fourth-order valence-electron chi connectivity index (χ4n) is 1.24. The van der Waals surface area contributed by atoms with Crippen molar-refractivity contribution in [3.8, 4) is 0 Å². The van der Waals surface area contributed by atoms with Gasteiger partial charge in [0.15, 0.2) is 0 Å². The molecule has 3 heteroatoms. The van der Waals surface area contributed by atoms with E-state index in [9.17, 15) is 4.79 Å². The molecular weight excluding hydrogens is 130 g/mol. The van der Waals surface area contributed by atoms with E-state index in [1.165, 1.54) is 0 Å². The van der Waals surface area contributed by atoms with Crippen LogP contribution in [0.25, 0.3) is 0 Å². The van der Waals surface area contributed by atoms with Crippen molar-refractivity contribution in [2.75, 3.05) is 6.54 Å². The lowest BCUT2D eigenvalue weighted by Crippen LogP contribution is -2.19. The molecule has 1 rings (SSSR count). The maximum absolute atomic E-state index is 10.5. The molecule has 0 amide bonds. The molecule has 3 nitrogen and oxygen atoms in total. The lowest BCUT2D eigenvalue weighted by molar-refractivity contribution is -0.142. The van der Waals surface area contributed by atoms with Gasteiger partial charge in [-0.15, -0.1) is 0 Å². The predicted molar refractivity (Wildman–Crippen MR) is 37.5 cm³/mol. The summed E-state index contributed by atoms with van der Waals surface area (Å²) < 4.78 is 0. The van der Waals surface area contributed by atoms with Gasteiger partial charge in [-0.05, 0) is 31.7 Å². The van der Waals surface area contributed by atoms with Gasteiger partial charge in [-0.2, -0.15) is 0 Å². The zero-order valence-corrected chi connectivity index (χ0v) is 5.92. The van der Waals surface area contributed by atoms with Crippen molar-refractivity contribution in [2.45, 2.75) is 19.3 Å². The number of nitrogens with two attached hydrogens (primary N) is 1. The third kappa shape index (κ3) is 1.70. The van der Waals surface area contributed by atoms with E-state index in [2.05, 4.69) is 0 Å². The predicted octanol–water partition coefficient (Wildman–Crippen LogP) is 0.446. The summed E-state index contributed by atoms with van der Waals surface area (Å²) in [5.41, 5.74) is 5.27. The molecule has 0 heterocycles. The van der Waals surface area contributed by atoms with Crippen molar-refractivity contribution in [1.29, 1.82) is 0 Å². The quantitative estimate of drug-likeness (QED) is 0.600. The molecule has 1 atom stereocenters. The molecule has 58 valence electrons. The van der Waals surface area contributed by atoms with Crippen LogP contribution in [0, 0.1) is 11.8 Å². The van der Waals surface area contributed by atoms with Crippen LogP contribution < -0.4 is 5.73 Å². The Balaban J connectivity index is 2.34. The smallest absolute Gasteiger partial charge is 0.306 e. The summed E-state index contributed by atoms with van der Waals surface area (Å²) in [4.78, 5) is 10.5. The summed E-state index contributed by atoms with van der Waals surface area (Å²) in [5, 5.41) is 8.66. The maximum Gasteiger partial charge on any atom is 0.306 e. The summed E-state index contributed by atoms with van der Waals surface area (Å²) in [6, 6.07) is 0. The average Bonchev–Trinajstić information content (AvgIpc) is 2.63. The average molecular weight is 143 g/mol. The van der Waals surface area contributed by atoms with Gasteiger partial charge in [0.1, 0.15) is 0 Å². The van der Waals surface area contributed by atoms with Gasteiger partial charge in [-0.3, -0.25) is 4.79 Å². The largest absolute Gasteiger partial charge is 0.481 e. The molecule has 1 fully saturated rings.